The van der Waals surface area contributed by atoms with E-state index in [-0.39, 0.29) is 6.61 Å². The Hall–Kier alpha value is -0.460. The van der Waals surface area contributed by atoms with E-state index >= 15 is 0 Å². The molecule has 0 amide bonds. The van der Waals surface area contributed by atoms with E-state index in [4.69, 9.17) is 9.84 Å². The average Bonchev–Trinajstić information content (AvgIpc) is 2.76. The first kappa shape index (κ1) is 12.6. The van der Waals surface area contributed by atoms with Crippen LogP contribution in [-0.2, 0) is 4.74 Å². The van der Waals surface area contributed by atoms with E-state index in [1.165, 1.54) is 0 Å². The van der Waals surface area contributed by atoms with E-state index in [9.17, 15) is 5.11 Å². The third-order valence-corrected chi connectivity index (χ3v) is 2.63. The first-order chi connectivity index (χ1) is 7.34. The average molecular weight is 231 g/mol. The zero-order valence-electron chi connectivity index (χ0n) is 8.56. The summed E-state index contributed by atoms with van der Waals surface area (Å²) < 4.78 is 5.06. The fraction of sp³-hybridized carbons (Fsp3) is 0.600. The van der Waals surface area contributed by atoms with Gasteiger partial charge in [0.1, 0.15) is 0 Å². The predicted octanol–water partition coefficient (Wildman–Crippen LogP) is 0.380. The van der Waals surface area contributed by atoms with Crippen molar-refractivity contribution in [3.63, 3.8) is 0 Å². The van der Waals surface area contributed by atoms with Crippen molar-refractivity contribution < 1.29 is 14.9 Å². The van der Waals surface area contributed by atoms with Crippen molar-refractivity contribution >= 4 is 11.3 Å². The van der Waals surface area contributed by atoms with Gasteiger partial charge in [0.15, 0.2) is 0 Å². The molecule has 1 unspecified atom stereocenters. The van der Waals surface area contributed by atoms with Crippen molar-refractivity contribution in [3.05, 3.63) is 22.4 Å². The number of rotatable bonds is 8. The second-order valence-electron chi connectivity index (χ2n) is 3.11. The second kappa shape index (κ2) is 7.78. The molecule has 0 aliphatic rings. The van der Waals surface area contributed by atoms with Crippen molar-refractivity contribution in [2.45, 2.75) is 6.10 Å². The minimum absolute atomic E-state index is 0.0531. The highest BCUT2D eigenvalue weighted by molar-refractivity contribution is 7.07. The summed E-state index contributed by atoms with van der Waals surface area (Å²) in [4.78, 5) is 0. The van der Waals surface area contributed by atoms with Gasteiger partial charge in [-0.05, 0) is 22.4 Å². The molecule has 15 heavy (non-hydrogen) atoms. The fourth-order valence-corrected chi connectivity index (χ4v) is 1.84. The number of ether oxygens (including phenoxy) is 1. The standard InChI is InChI=1S/C10H17NO3S/c12-3-5-14-4-2-11-7-10(13)9-1-6-15-8-9/h1,6,8,10-13H,2-5,7H2. The molecule has 1 rings (SSSR count). The molecule has 0 aliphatic heterocycles. The van der Waals surface area contributed by atoms with Crippen LogP contribution in [0.5, 0.6) is 0 Å². The summed E-state index contributed by atoms with van der Waals surface area (Å²) in [6, 6.07) is 1.92. The topological polar surface area (TPSA) is 61.7 Å². The number of aliphatic hydroxyl groups excluding tert-OH is 2. The van der Waals surface area contributed by atoms with Crippen molar-refractivity contribution in [1.82, 2.24) is 5.32 Å². The Kier molecular flexibility index (Phi) is 6.54. The van der Waals surface area contributed by atoms with Crippen LogP contribution in [0.2, 0.25) is 0 Å². The van der Waals surface area contributed by atoms with Gasteiger partial charge in [-0.25, -0.2) is 0 Å². The van der Waals surface area contributed by atoms with Gasteiger partial charge in [0.05, 0.1) is 25.9 Å². The molecule has 1 heterocycles. The molecule has 0 fully saturated rings. The molecule has 0 bridgehead atoms. The summed E-state index contributed by atoms with van der Waals surface area (Å²) in [7, 11) is 0. The number of nitrogens with one attached hydrogen (secondary N) is 1. The van der Waals surface area contributed by atoms with Crippen molar-refractivity contribution in [2.75, 3.05) is 32.9 Å². The molecule has 0 saturated carbocycles. The van der Waals surface area contributed by atoms with Crippen molar-refractivity contribution in [2.24, 2.45) is 0 Å². The van der Waals surface area contributed by atoms with E-state index in [1.807, 2.05) is 16.8 Å². The highest BCUT2D eigenvalue weighted by atomic mass is 32.1. The molecule has 0 aromatic carbocycles. The largest absolute Gasteiger partial charge is 0.394 e. The molecule has 1 aromatic rings. The Labute approximate surface area is 93.5 Å². The van der Waals surface area contributed by atoms with Crippen LogP contribution in [-0.4, -0.2) is 43.1 Å². The zero-order chi connectivity index (χ0) is 10.9. The highest BCUT2D eigenvalue weighted by Gasteiger charge is 2.06. The van der Waals surface area contributed by atoms with Crippen LogP contribution in [0, 0.1) is 0 Å². The number of hydrogen-bond acceptors (Lipinski definition) is 5. The highest BCUT2D eigenvalue weighted by Crippen LogP contribution is 2.14. The lowest BCUT2D eigenvalue weighted by molar-refractivity contribution is 0.0910. The smallest absolute Gasteiger partial charge is 0.0922 e. The lowest BCUT2D eigenvalue weighted by Crippen LogP contribution is -2.25. The molecular formula is C10H17NO3S. The fourth-order valence-electron chi connectivity index (χ4n) is 1.13. The van der Waals surface area contributed by atoms with E-state index < -0.39 is 6.10 Å². The summed E-state index contributed by atoms with van der Waals surface area (Å²) in [5, 5.41) is 25.1. The summed E-state index contributed by atoms with van der Waals surface area (Å²) in [6.45, 7) is 2.18. The van der Waals surface area contributed by atoms with Crippen LogP contribution in [0.4, 0.5) is 0 Å². The molecule has 4 nitrogen and oxygen atoms in total. The molecule has 1 atom stereocenters. The lowest BCUT2D eigenvalue weighted by atomic mass is 10.2. The van der Waals surface area contributed by atoms with E-state index in [2.05, 4.69) is 5.32 Å². The van der Waals surface area contributed by atoms with Gasteiger partial charge in [0, 0.05) is 13.1 Å². The second-order valence-corrected chi connectivity index (χ2v) is 3.89. The summed E-state index contributed by atoms with van der Waals surface area (Å²) in [5.74, 6) is 0. The minimum Gasteiger partial charge on any atom is -0.394 e. The van der Waals surface area contributed by atoms with Crippen LogP contribution in [0.3, 0.4) is 0 Å². The predicted molar refractivity (Wildman–Crippen MR) is 60.1 cm³/mol. The normalized spacial score (nSPS) is 12.9. The maximum Gasteiger partial charge on any atom is 0.0922 e. The molecule has 0 radical (unpaired) electrons. The van der Waals surface area contributed by atoms with E-state index in [1.54, 1.807) is 11.3 Å². The van der Waals surface area contributed by atoms with Gasteiger partial charge < -0.3 is 20.3 Å². The first-order valence-corrected chi connectivity index (χ1v) is 5.88. The third-order valence-electron chi connectivity index (χ3n) is 1.92. The summed E-state index contributed by atoms with van der Waals surface area (Å²) in [6.07, 6.45) is -0.450. The van der Waals surface area contributed by atoms with Crippen molar-refractivity contribution in [1.29, 1.82) is 0 Å². The maximum absolute atomic E-state index is 9.68. The third kappa shape index (κ3) is 5.25. The molecule has 3 N–H and O–H groups in total. The van der Waals surface area contributed by atoms with Crippen LogP contribution in [0.1, 0.15) is 11.7 Å². The molecular weight excluding hydrogens is 214 g/mol. The summed E-state index contributed by atoms with van der Waals surface area (Å²) >= 11 is 1.58. The van der Waals surface area contributed by atoms with Gasteiger partial charge in [-0.1, -0.05) is 0 Å². The summed E-state index contributed by atoms with van der Waals surface area (Å²) in [5.41, 5.74) is 0.948. The van der Waals surface area contributed by atoms with E-state index in [0.717, 1.165) is 5.56 Å². The number of hydrogen-bond donors (Lipinski definition) is 3. The molecule has 5 heteroatoms. The number of aliphatic hydroxyl groups is 2. The lowest BCUT2D eigenvalue weighted by Gasteiger charge is -2.10. The Morgan fingerprint density at radius 2 is 2.33 bits per heavy atom. The maximum atomic E-state index is 9.68. The van der Waals surface area contributed by atoms with Crippen LogP contribution >= 0.6 is 11.3 Å². The van der Waals surface area contributed by atoms with Crippen molar-refractivity contribution in [3.8, 4) is 0 Å². The molecule has 1 aromatic heterocycles. The van der Waals surface area contributed by atoms with Gasteiger partial charge in [0.25, 0.3) is 0 Å². The minimum atomic E-state index is -0.450. The Bertz CT molecular complexity index is 241. The zero-order valence-corrected chi connectivity index (χ0v) is 9.37. The number of thiophene rings is 1. The Morgan fingerprint density at radius 3 is 3.00 bits per heavy atom. The SMILES string of the molecule is OCCOCCNCC(O)c1ccsc1. The Morgan fingerprint density at radius 1 is 1.47 bits per heavy atom. The molecule has 86 valence electrons. The van der Waals surface area contributed by atoms with Gasteiger partial charge in [-0.2, -0.15) is 11.3 Å². The molecule has 0 saturated heterocycles. The van der Waals surface area contributed by atoms with E-state index in [0.29, 0.717) is 26.3 Å². The Balaban J connectivity index is 2.00. The van der Waals surface area contributed by atoms with Gasteiger partial charge in [0.2, 0.25) is 0 Å². The van der Waals surface area contributed by atoms with Crippen LogP contribution < -0.4 is 5.32 Å². The quantitative estimate of drug-likeness (QED) is 0.566. The molecule has 0 aliphatic carbocycles. The molecule has 0 spiro atoms. The van der Waals surface area contributed by atoms with Gasteiger partial charge in [-0.3, -0.25) is 0 Å². The van der Waals surface area contributed by atoms with Crippen LogP contribution in [0.25, 0.3) is 0 Å². The monoisotopic (exact) mass is 231 g/mol. The van der Waals surface area contributed by atoms with Gasteiger partial charge >= 0.3 is 0 Å². The van der Waals surface area contributed by atoms with Crippen LogP contribution in [0.15, 0.2) is 16.8 Å². The van der Waals surface area contributed by atoms with Gasteiger partial charge in [-0.15, -0.1) is 0 Å². The first-order valence-electron chi connectivity index (χ1n) is 4.94.